The van der Waals surface area contributed by atoms with E-state index in [1.807, 2.05) is 0 Å². The van der Waals surface area contributed by atoms with Crippen LogP contribution in [0, 0.1) is 6.92 Å². The van der Waals surface area contributed by atoms with Crippen molar-refractivity contribution in [3.8, 4) is 0 Å². The van der Waals surface area contributed by atoms with Crippen molar-refractivity contribution in [1.82, 2.24) is 58.1 Å². The zero-order chi connectivity index (χ0) is 56.3. The van der Waals surface area contributed by atoms with Crippen molar-refractivity contribution in [3.05, 3.63) is 84.7 Å². The largest absolute Gasteiger partial charge is 0.472 e. The number of nitrogen functional groups attached to an aromatic ring is 3. The van der Waals surface area contributed by atoms with E-state index in [-0.39, 0.29) is 71.2 Å². The number of nitrogens with one attached hydrogen (secondary N) is 2. The van der Waals surface area contributed by atoms with E-state index < -0.39 is 146 Å². The Morgan fingerprint density at radius 2 is 1.16 bits per heavy atom. The van der Waals surface area contributed by atoms with Gasteiger partial charge in [0, 0.05) is 43.6 Å². The van der Waals surface area contributed by atoms with E-state index in [0.717, 1.165) is 21.8 Å². The third kappa shape index (κ3) is 12.2. The molecular formula is C39H50N15O22P3. The molecule has 428 valence electrons. The van der Waals surface area contributed by atoms with E-state index in [1.165, 1.54) is 40.8 Å². The minimum absolute atomic E-state index is 0.00815. The number of aromatic amines is 2. The molecule has 6 aromatic rings. The molecule has 0 radical (unpaired) electrons. The second kappa shape index (κ2) is 22.1. The first-order valence-corrected chi connectivity index (χ1v) is 28.1. The first kappa shape index (κ1) is 56.2. The Labute approximate surface area is 439 Å². The maximum absolute atomic E-state index is 14.0. The fourth-order valence-electron chi connectivity index (χ4n) is 9.23. The van der Waals surface area contributed by atoms with E-state index in [4.69, 9.17) is 63.3 Å². The molecule has 0 aliphatic carbocycles. The van der Waals surface area contributed by atoms with Crippen molar-refractivity contribution in [2.45, 2.75) is 106 Å². The molecule has 37 nitrogen and oxygen atoms in total. The molecule has 15 atom stereocenters. The van der Waals surface area contributed by atoms with Crippen LogP contribution in [0.5, 0.6) is 0 Å². The Hall–Kier alpha value is -6.05. The molecule has 0 bridgehead atoms. The average Bonchev–Trinajstić information content (AvgIpc) is 4.36. The number of hydrogen-bond donors (Lipinski definition) is 10. The summed E-state index contributed by atoms with van der Waals surface area (Å²) in [4.78, 5) is 112. The number of H-pyrrole nitrogens is 2. The number of aromatic nitrogens is 12. The number of ether oxygens (including phenoxy) is 4. The Morgan fingerprint density at radius 1 is 0.646 bits per heavy atom. The van der Waals surface area contributed by atoms with E-state index in [2.05, 4.69) is 39.9 Å². The third-order valence-corrected chi connectivity index (χ3v) is 16.1. The number of imidazole rings is 2. The molecule has 0 spiro atoms. The number of nitrogens with zero attached hydrogens (tertiary/aromatic N) is 10. The van der Waals surface area contributed by atoms with Gasteiger partial charge < -0.3 is 61.0 Å². The van der Waals surface area contributed by atoms with Gasteiger partial charge in [0.15, 0.2) is 22.6 Å². The number of phosphoric ester groups is 3. The van der Waals surface area contributed by atoms with Crippen LogP contribution in [0.25, 0.3) is 22.3 Å². The summed E-state index contributed by atoms with van der Waals surface area (Å²) in [6.45, 7) is -1.88. The average molecular weight is 1170 g/mol. The third-order valence-electron chi connectivity index (χ3n) is 13.0. The van der Waals surface area contributed by atoms with E-state index in [1.54, 1.807) is 0 Å². The van der Waals surface area contributed by atoms with Crippen LogP contribution in [0.15, 0.2) is 56.6 Å². The van der Waals surface area contributed by atoms with Gasteiger partial charge in [-0.3, -0.25) is 65.0 Å². The second-order valence-corrected chi connectivity index (χ2v) is 22.5. The summed E-state index contributed by atoms with van der Waals surface area (Å²) in [7, 11) is -15.7. The summed E-state index contributed by atoms with van der Waals surface area (Å²) >= 11 is 0. The Bertz CT molecular complexity index is 3650. The SMILES string of the molecule is Cc1cn([C@H]2C[C@H](OP(=O)(O)OC[C@H]3O[C@@H](n4cnc5c(=O)[nH]c(N)nc54)C[C@@H]3OP(=O)(O)OC[C@H]3O[C@@H](n4cnc5c(N)ncnc54)C[C@@H]3OP(=O)(O)OC[C@H]3O[C@@H](n4ccc(N)nc4=O)C[C@@H]3O)[C@@H](CO)O2)c(=O)[nH]c1=O. The highest BCUT2D eigenvalue weighted by molar-refractivity contribution is 7.48. The number of hydrogen-bond acceptors (Lipinski definition) is 28. The standard InChI is InChI=1S/C39H50N15O22P3/c1-16-8-52(39(60)50-35(16)57)27-5-18(21(9-55)70-27)74-78(63,64)68-12-24-20(7-29(73-24)54-15-46-31-34(54)48-37(42)49-36(31)58)76-79(65,66)69-11-23-19(6-28(72-23)53-14-45-30-32(41)43-13-44-33(30)53)75-77(61,62)67-10-22-17(56)4-26(71-22)51-3-2-25(40)47-38(51)59/h2-3,8,13-15,17-24,26-29,55-56H,4-7,9-12H2,1H3,(H,61,62)(H,63,64)(H,65,66)(H2,40,47,59)(H2,41,43,44)(H,50,57,60)(H3,42,48,49,58)/t17-,18-,19-,20-,21+,22+,23+,24+,26+,27+,28+,29+/m0/s1. The highest BCUT2D eigenvalue weighted by atomic mass is 31.2. The molecule has 0 amide bonds. The highest BCUT2D eigenvalue weighted by Gasteiger charge is 2.48. The van der Waals surface area contributed by atoms with Crippen molar-refractivity contribution < 1.29 is 84.7 Å². The van der Waals surface area contributed by atoms with Crippen LogP contribution in [0.1, 0.15) is 56.2 Å². The van der Waals surface area contributed by atoms with Gasteiger partial charge in [-0.15, -0.1) is 0 Å². The number of anilines is 3. The molecule has 4 aliphatic rings. The molecule has 79 heavy (non-hydrogen) atoms. The van der Waals surface area contributed by atoms with Gasteiger partial charge in [0.1, 0.15) is 85.3 Å². The Balaban J connectivity index is 0.843. The zero-order valence-corrected chi connectivity index (χ0v) is 43.5. The highest BCUT2D eigenvalue weighted by Crippen LogP contribution is 2.54. The number of fused-ring (bicyclic) bond motifs is 2. The van der Waals surface area contributed by atoms with E-state index >= 15 is 0 Å². The number of aliphatic hydroxyl groups excluding tert-OH is 2. The van der Waals surface area contributed by atoms with Gasteiger partial charge in [0.25, 0.3) is 11.1 Å². The molecule has 4 fully saturated rings. The molecule has 0 aromatic carbocycles. The molecule has 3 unspecified atom stereocenters. The summed E-state index contributed by atoms with van der Waals surface area (Å²) in [5, 5.41) is 20.8. The van der Waals surface area contributed by atoms with E-state index in [9.17, 15) is 57.8 Å². The molecule has 4 saturated heterocycles. The van der Waals surface area contributed by atoms with E-state index in [0.29, 0.717) is 0 Å². The lowest BCUT2D eigenvalue weighted by molar-refractivity contribution is -0.0626. The van der Waals surface area contributed by atoms with Crippen molar-refractivity contribution in [3.63, 3.8) is 0 Å². The van der Waals surface area contributed by atoms with Crippen molar-refractivity contribution in [2.24, 2.45) is 0 Å². The lowest BCUT2D eigenvalue weighted by Crippen LogP contribution is -2.33. The minimum Gasteiger partial charge on any atom is -0.394 e. The van der Waals surface area contributed by atoms with Gasteiger partial charge in [-0.2, -0.15) is 9.97 Å². The Kier molecular flexibility index (Phi) is 15.7. The first-order valence-electron chi connectivity index (χ1n) is 23.6. The number of aliphatic hydroxyl groups is 2. The topological polar surface area (TPSA) is 520 Å². The van der Waals surface area contributed by atoms with Gasteiger partial charge in [-0.25, -0.2) is 43.2 Å². The maximum Gasteiger partial charge on any atom is 0.472 e. The second-order valence-electron chi connectivity index (χ2n) is 18.3. The minimum atomic E-state index is -5.36. The summed E-state index contributed by atoms with van der Waals surface area (Å²) in [6.07, 6.45) is -10.9. The van der Waals surface area contributed by atoms with Crippen LogP contribution in [-0.4, -0.2) is 158 Å². The number of phosphoric acid groups is 3. The molecule has 0 saturated carbocycles. The fraction of sp³-hybridized carbons (Fsp3) is 0.538. The summed E-state index contributed by atoms with van der Waals surface area (Å²) in [5.41, 5.74) is 14.5. The monoisotopic (exact) mass is 1170 g/mol. The van der Waals surface area contributed by atoms with Gasteiger partial charge >= 0.3 is 34.8 Å². The molecule has 10 rings (SSSR count). The van der Waals surface area contributed by atoms with Crippen molar-refractivity contribution in [1.29, 1.82) is 0 Å². The van der Waals surface area contributed by atoms with Crippen molar-refractivity contribution >= 4 is 63.4 Å². The molecule has 6 aromatic heterocycles. The summed E-state index contributed by atoms with van der Waals surface area (Å²) in [5.74, 6) is -0.351. The summed E-state index contributed by atoms with van der Waals surface area (Å²) in [6, 6.07) is 1.33. The molecule has 13 N–H and O–H groups in total. The summed E-state index contributed by atoms with van der Waals surface area (Å²) < 4.78 is 102. The fourth-order valence-corrected chi connectivity index (χ4v) is 12.1. The predicted octanol–water partition coefficient (Wildman–Crippen LogP) is -2.17. The van der Waals surface area contributed by atoms with Crippen LogP contribution in [0.2, 0.25) is 0 Å². The lowest BCUT2D eigenvalue weighted by atomic mass is 10.2. The smallest absolute Gasteiger partial charge is 0.394 e. The lowest BCUT2D eigenvalue weighted by Gasteiger charge is -2.25. The Morgan fingerprint density at radius 3 is 1.76 bits per heavy atom. The predicted molar refractivity (Wildman–Crippen MR) is 260 cm³/mol. The van der Waals surface area contributed by atoms with Crippen LogP contribution >= 0.6 is 23.5 Å². The number of nitrogens with two attached hydrogens (primary N) is 3. The van der Waals surface area contributed by atoms with Gasteiger partial charge in [0.05, 0.1) is 45.2 Å². The zero-order valence-electron chi connectivity index (χ0n) is 40.8. The molecule has 4 aliphatic heterocycles. The van der Waals surface area contributed by atoms with Gasteiger partial charge in [0.2, 0.25) is 5.95 Å². The van der Waals surface area contributed by atoms with Crippen LogP contribution in [-0.2, 0) is 59.8 Å². The number of aryl methyl sites for hydroxylation is 1. The van der Waals surface area contributed by atoms with Crippen molar-refractivity contribution in [2.75, 3.05) is 43.6 Å². The quantitative estimate of drug-likeness (QED) is 0.0364. The van der Waals surface area contributed by atoms with Gasteiger partial charge in [-0.05, 0) is 13.0 Å². The number of rotatable bonds is 20. The van der Waals surface area contributed by atoms with Crippen LogP contribution in [0.3, 0.4) is 0 Å². The molecular weight excluding hydrogens is 1120 g/mol. The molecule has 10 heterocycles. The molecule has 40 heteroatoms. The normalized spacial score (nSPS) is 29.5. The van der Waals surface area contributed by atoms with Gasteiger partial charge in [-0.1, -0.05) is 0 Å². The van der Waals surface area contributed by atoms with Crippen LogP contribution < -0.4 is 39.7 Å². The van der Waals surface area contributed by atoms with Crippen LogP contribution in [0.4, 0.5) is 17.6 Å². The maximum atomic E-state index is 14.0. The first-order chi connectivity index (χ1) is 37.4.